The summed E-state index contributed by atoms with van der Waals surface area (Å²) in [6.45, 7) is 7.23. The molecule has 0 saturated carbocycles. The van der Waals surface area contributed by atoms with E-state index in [-0.39, 0.29) is 17.3 Å². The third-order valence-corrected chi connectivity index (χ3v) is 6.93. The number of hydrogen-bond donors (Lipinski definition) is 2. The van der Waals surface area contributed by atoms with Gasteiger partial charge in [-0.25, -0.2) is 8.42 Å². The Balaban J connectivity index is 1.68. The van der Waals surface area contributed by atoms with Crippen LogP contribution in [0.3, 0.4) is 0 Å². The highest BCUT2D eigenvalue weighted by Gasteiger charge is 2.27. The van der Waals surface area contributed by atoms with E-state index in [0.29, 0.717) is 37.6 Å². The summed E-state index contributed by atoms with van der Waals surface area (Å²) in [5, 5.41) is 5.89. The Morgan fingerprint density at radius 1 is 1.03 bits per heavy atom. The molecule has 0 unspecified atom stereocenters. The number of rotatable bonds is 6. The van der Waals surface area contributed by atoms with Crippen LogP contribution in [0.1, 0.15) is 16.7 Å². The molecule has 8 heteroatoms. The van der Waals surface area contributed by atoms with E-state index in [0.717, 1.165) is 16.8 Å². The van der Waals surface area contributed by atoms with Crippen LogP contribution in [0.15, 0.2) is 41.3 Å². The van der Waals surface area contributed by atoms with E-state index in [1.165, 1.54) is 4.31 Å². The van der Waals surface area contributed by atoms with Crippen molar-refractivity contribution in [3.8, 4) is 0 Å². The Morgan fingerprint density at radius 3 is 2.45 bits per heavy atom. The molecule has 0 bridgehead atoms. The molecule has 3 rings (SSSR count). The maximum Gasteiger partial charge on any atom is 0.243 e. The molecule has 0 spiro atoms. The van der Waals surface area contributed by atoms with Gasteiger partial charge in [0.25, 0.3) is 0 Å². The number of hydrogen-bond acceptors (Lipinski definition) is 5. The van der Waals surface area contributed by atoms with Crippen molar-refractivity contribution in [2.24, 2.45) is 0 Å². The Bertz CT molecular complexity index is 999. The SMILES string of the molecule is Cc1ccc(NC(=O)CNc2ccc(C)c(S(=O)(=O)N3CCOCC3)c2)c(C)c1. The van der Waals surface area contributed by atoms with Crippen LogP contribution < -0.4 is 10.6 Å². The number of sulfonamides is 1. The highest BCUT2D eigenvalue weighted by Crippen LogP contribution is 2.24. The van der Waals surface area contributed by atoms with Gasteiger partial charge in [0.05, 0.1) is 24.7 Å². The zero-order valence-corrected chi connectivity index (χ0v) is 17.8. The standard InChI is InChI=1S/C21H27N3O4S/c1-15-4-7-19(17(3)12-15)23-21(25)14-22-18-6-5-16(2)20(13-18)29(26,27)24-8-10-28-11-9-24/h4-7,12-13,22H,8-11,14H2,1-3H3,(H,23,25). The Hall–Kier alpha value is -2.42. The fourth-order valence-electron chi connectivity index (χ4n) is 3.24. The Morgan fingerprint density at radius 2 is 1.76 bits per heavy atom. The molecule has 1 saturated heterocycles. The van der Waals surface area contributed by atoms with Crippen LogP contribution in [0.5, 0.6) is 0 Å². The van der Waals surface area contributed by atoms with Crippen LogP contribution in [-0.2, 0) is 19.6 Å². The van der Waals surface area contributed by atoms with Gasteiger partial charge >= 0.3 is 0 Å². The summed E-state index contributed by atoms with van der Waals surface area (Å²) in [5.74, 6) is -0.199. The minimum Gasteiger partial charge on any atom is -0.379 e. The molecule has 0 atom stereocenters. The monoisotopic (exact) mass is 417 g/mol. The number of anilines is 2. The minimum absolute atomic E-state index is 0.0351. The van der Waals surface area contributed by atoms with Crippen molar-refractivity contribution < 1.29 is 17.9 Å². The number of carbonyl (C=O) groups is 1. The summed E-state index contributed by atoms with van der Waals surface area (Å²) in [6, 6.07) is 10.9. The van der Waals surface area contributed by atoms with Gasteiger partial charge < -0.3 is 15.4 Å². The molecule has 156 valence electrons. The first-order valence-electron chi connectivity index (χ1n) is 9.57. The van der Waals surface area contributed by atoms with Crippen molar-refractivity contribution in [2.75, 3.05) is 43.5 Å². The van der Waals surface area contributed by atoms with Crippen LogP contribution in [-0.4, -0.2) is 51.5 Å². The molecule has 1 aliphatic heterocycles. The summed E-state index contributed by atoms with van der Waals surface area (Å²) in [5.41, 5.74) is 4.14. The molecule has 2 aromatic rings. The van der Waals surface area contributed by atoms with E-state index in [9.17, 15) is 13.2 Å². The lowest BCUT2D eigenvalue weighted by molar-refractivity contribution is -0.114. The molecule has 29 heavy (non-hydrogen) atoms. The van der Waals surface area contributed by atoms with Crippen molar-refractivity contribution in [3.05, 3.63) is 53.1 Å². The summed E-state index contributed by atoms with van der Waals surface area (Å²) in [6.07, 6.45) is 0. The number of amides is 1. The third-order valence-electron chi connectivity index (χ3n) is 4.89. The highest BCUT2D eigenvalue weighted by atomic mass is 32.2. The maximum atomic E-state index is 13.0. The second-order valence-corrected chi connectivity index (χ2v) is 9.12. The van der Waals surface area contributed by atoms with Crippen LogP contribution in [0, 0.1) is 20.8 Å². The second kappa shape index (κ2) is 8.94. The van der Waals surface area contributed by atoms with Crippen LogP contribution in [0.25, 0.3) is 0 Å². The second-order valence-electron chi connectivity index (χ2n) is 7.22. The molecular weight excluding hydrogens is 390 g/mol. The van der Waals surface area contributed by atoms with E-state index in [1.807, 2.05) is 32.0 Å². The Kier molecular flexibility index (Phi) is 6.56. The number of benzene rings is 2. The van der Waals surface area contributed by atoms with Gasteiger partial charge in [0.15, 0.2) is 0 Å². The van der Waals surface area contributed by atoms with E-state index in [4.69, 9.17) is 4.74 Å². The van der Waals surface area contributed by atoms with Crippen molar-refractivity contribution in [2.45, 2.75) is 25.7 Å². The summed E-state index contributed by atoms with van der Waals surface area (Å²) in [4.78, 5) is 12.6. The van der Waals surface area contributed by atoms with E-state index in [2.05, 4.69) is 10.6 Å². The number of aryl methyl sites for hydroxylation is 3. The molecule has 2 aromatic carbocycles. The fraction of sp³-hybridized carbons (Fsp3) is 0.381. The number of nitrogens with one attached hydrogen (secondary N) is 2. The molecule has 1 fully saturated rings. The van der Waals surface area contributed by atoms with Crippen LogP contribution >= 0.6 is 0 Å². The zero-order valence-electron chi connectivity index (χ0n) is 17.0. The number of ether oxygens (including phenoxy) is 1. The van der Waals surface area contributed by atoms with Gasteiger partial charge in [0.1, 0.15) is 0 Å². The van der Waals surface area contributed by atoms with Crippen molar-refractivity contribution in [1.29, 1.82) is 0 Å². The van der Waals surface area contributed by atoms with Gasteiger partial charge in [-0.05, 0) is 50.1 Å². The first-order chi connectivity index (χ1) is 13.8. The molecule has 1 aliphatic rings. The molecule has 0 aliphatic carbocycles. The van der Waals surface area contributed by atoms with Gasteiger partial charge in [-0.3, -0.25) is 4.79 Å². The van der Waals surface area contributed by atoms with E-state index < -0.39 is 10.0 Å². The van der Waals surface area contributed by atoms with Crippen molar-refractivity contribution >= 4 is 27.3 Å². The summed E-state index contributed by atoms with van der Waals surface area (Å²) >= 11 is 0. The van der Waals surface area contributed by atoms with Gasteiger partial charge in [-0.15, -0.1) is 0 Å². The minimum atomic E-state index is -3.60. The molecule has 7 nitrogen and oxygen atoms in total. The smallest absolute Gasteiger partial charge is 0.243 e. The van der Waals surface area contributed by atoms with Crippen LogP contribution in [0.4, 0.5) is 11.4 Å². The molecule has 0 radical (unpaired) electrons. The van der Waals surface area contributed by atoms with E-state index >= 15 is 0 Å². The van der Waals surface area contributed by atoms with Crippen molar-refractivity contribution in [1.82, 2.24) is 4.31 Å². The molecule has 1 amide bonds. The predicted molar refractivity (Wildman–Crippen MR) is 114 cm³/mol. The molecular formula is C21H27N3O4S. The average Bonchev–Trinajstić information content (AvgIpc) is 2.70. The lowest BCUT2D eigenvalue weighted by atomic mass is 10.1. The van der Waals surface area contributed by atoms with Crippen LogP contribution in [0.2, 0.25) is 0 Å². The molecule has 1 heterocycles. The third kappa shape index (κ3) is 5.14. The number of nitrogens with zero attached hydrogens (tertiary/aromatic N) is 1. The summed E-state index contributed by atoms with van der Waals surface area (Å²) in [7, 11) is -3.60. The normalized spacial score (nSPS) is 15.1. The van der Waals surface area contributed by atoms with Gasteiger partial charge in [-0.1, -0.05) is 23.8 Å². The topological polar surface area (TPSA) is 87.7 Å². The predicted octanol–water partition coefficient (Wildman–Crippen LogP) is 2.68. The molecule has 0 aromatic heterocycles. The average molecular weight is 418 g/mol. The first kappa shape index (κ1) is 21.3. The summed E-state index contributed by atoms with van der Waals surface area (Å²) < 4.78 is 32.6. The largest absolute Gasteiger partial charge is 0.379 e. The molecule has 2 N–H and O–H groups in total. The van der Waals surface area contributed by atoms with Gasteiger partial charge in [0.2, 0.25) is 15.9 Å². The van der Waals surface area contributed by atoms with Crippen molar-refractivity contribution in [3.63, 3.8) is 0 Å². The quantitative estimate of drug-likeness (QED) is 0.755. The van der Waals surface area contributed by atoms with Gasteiger partial charge in [0, 0.05) is 24.5 Å². The van der Waals surface area contributed by atoms with Gasteiger partial charge in [-0.2, -0.15) is 4.31 Å². The first-order valence-corrected chi connectivity index (χ1v) is 11.0. The lowest BCUT2D eigenvalue weighted by Gasteiger charge is -2.27. The highest BCUT2D eigenvalue weighted by molar-refractivity contribution is 7.89. The Labute approximate surface area is 172 Å². The number of carbonyl (C=O) groups excluding carboxylic acids is 1. The maximum absolute atomic E-state index is 13.0. The number of morpholine rings is 1. The lowest BCUT2D eigenvalue weighted by Crippen LogP contribution is -2.40. The fourth-order valence-corrected chi connectivity index (χ4v) is 4.90. The zero-order chi connectivity index (χ0) is 21.0. The van der Waals surface area contributed by atoms with E-state index in [1.54, 1.807) is 25.1 Å².